The number of rotatable bonds is 3. The maximum absolute atomic E-state index is 11.8. The summed E-state index contributed by atoms with van der Waals surface area (Å²) in [7, 11) is 0. The molecule has 0 aromatic carbocycles. The summed E-state index contributed by atoms with van der Waals surface area (Å²) in [6, 6.07) is 1.85. The molecule has 2 aromatic heterocycles. The van der Waals surface area contributed by atoms with Crippen LogP contribution in [0.2, 0.25) is 0 Å². The van der Waals surface area contributed by atoms with Crippen molar-refractivity contribution in [2.45, 2.75) is 13.5 Å². The fourth-order valence-electron chi connectivity index (χ4n) is 1.22. The van der Waals surface area contributed by atoms with E-state index in [9.17, 15) is 4.79 Å². The quantitative estimate of drug-likeness (QED) is 0.947. The summed E-state index contributed by atoms with van der Waals surface area (Å²) in [6.07, 6.45) is 3.35. The number of nitrogens with zero attached hydrogens (tertiary/aromatic N) is 2. The predicted octanol–water partition coefficient (Wildman–Crippen LogP) is 2.54. The smallest absolute Gasteiger partial charge is 0.262 e. The summed E-state index contributed by atoms with van der Waals surface area (Å²) in [4.78, 5) is 20.7. The van der Waals surface area contributed by atoms with Crippen LogP contribution in [-0.2, 0) is 6.54 Å². The molecule has 0 atom stereocenters. The molecule has 0 spiro atoms. The highest BCUT2D eigenvalue weighted by Crippen LogP contribution is 2.22. The number of hydrogen-bond donors (Lipinski definition) is 1. The van der Waals surface area contributed by atoms with E-state index in [4.69, 9.17) is 0 Å². The molecule has 0 saturated heterocycles. The van der Waals surface area contributed by atoms with Crippen LogP contribution >= 0.6 is 27.3 Å². The van der Waals surface area contributed by atoms with Crippen LogP contribution in [0.15, 0.2) is 28.3 Å². The third-order valence-electron chi connectivity index (χ3n) is 2.09. The first kappa shape index (κ1) is 12.2. The van der Waals surface area contributed by atoms with E-state index in [0.717, 1.165) is 15.9 Å². The third kappa shape index (κ3) is 3.10. The average molecular weight is 312 g/mol. The van der Waals surface area contributed by atoms with Crippen LogP contribution in [0.4, 0.5) is 0 Å². The lowest BCUT2D eigenvalue weighted by molar-refractivity contribution is 0.0954. The van der Waals surface area contributed by atoms with Crippen molar-refractivity contribution in [3.8, 4) is 0 Å². The Hall–Kier alpha value is -1.27. The van der Waals surface area contributed by atoms with Gasteiger partial charge < -0.3 is 5.32 Å². The molecule has 6 heteroatoms. The molecule has 88 valence electrons. The zero-order valence-electron chi connectivity index (χ0n) is 9.11. The van der Waals surface area contributed by atoms with Crippen LogP contribution in [0.1, 0.15) is 21.1 Å². The number of hydrogen-bond acceptors (Lipinski definition) is 4. The molecule has 0 saturated carbocycles. The Bertz CT molecular complexity index is 524. The van der Waals surface area contributed by atoms with Crippen LogP contribution in [0.25, 0.3) is 0 Å². The Morgan fingerprint density at radius 2 is 2.29 bits per heavy atom. The normalized spacial score (nSPS) is 10.2. The minimum Gasteiger partial charge on any atom is -0.346 e. The van der Waals surface area contributed by atoms with E-state index in [2.05, 4.69) is 31.2 Å². The van der Waals surface area contributed by atoms with Crippen molar-refractivity contribution >= 4 is 33.2 Å². The molecule has 0 aliphatic heterocycles. The van der Waals surface area contributed by atoms with Gasteiger partial charge in [0.15, 0.2) is 0 Å². The Labute approximate surface area is 111 Å². The molecule has 2 heterocycles. The summed E-state index contributed by atoms with van der Waals surface area (Å²) >= 11 is 4.72. The number of amides is 1. The van der Waals surface area contributed by atoms with E-state index in [0.29, 0.717) is 11.4 Å². The van der Waals surface area contributed by atoms with Gasteiger partial charge in [-0.3, -0.25) is 14.8 Å². The highest BCUT2D eigenvalue weighted by molar-refractivity contribution is 9.10. The topological polar surface area (TPSA) is 54.9 Å². The first-order chi connectivity index (χ1) is 8.16. The van der Waals surface area contributed by atoms with Crippen molar-refractivity contribution in [3.63, 3.8) is 0 Å². The molecule has 1 N–H and O–H groups in total. The molecule has 0 aliphatic rings. The molecule has 0 unspecified atom stereocenters. The highest BCUT2D eigenvalue weighted by atomic mass is 79.9. The van der Waals surface area contributed by atoms with E-state index >= 15 is 0 Å². The van der Waals surface area contributed by atoms with Crippen LogP contribution in [0.3, 0.4) is 0 Å². The van der Waals surface area contributed by atoms with Crippen molar-refractivity contribution in [2.75, 3.05) is 0 Å². The molecule has 1 amide bonds. The first-order valence-electron chi connectivity index (χ1n) is 4.95. The molecule has 0 radical (unpaired) electrons. The molecular formula is C11H10BrN3OS. The standard InChI is InChI=1S/C11H10BrN3OS/c1-7-4-14-8(5-13-7)6-15-11(16)10-9(12)2-3-17-10/h2-5H,6H2,1H3,(H,15,16). The lowest BCUT2D eigenvalue weighted by Crippen LogP contribution is -2.22. The second kappa shape index (κ2) is 5.37. The fraction of sp³-hybridized carbons (Fsp3) is 0.182. The lowest BCUT2D eigenvalue weighted by Gasteiger charge is -2.03. The summed E-state index contributed by atoms with van der Waals surface area (Å²) < 4.78 is 0.815. The van der Waals surface area contributed by atoms with Gasteiger partial charge in [0.05, 0.1) is 24.1 Å². The number of halogens is 1. The maximum Gasteiger partial charge on any atom is 0.262 e. The van der Waals surface area contributed by atoms with Crippen molar-refractivity contribution in [2.24, 2.45) is 0 Å². The number of aryl methyl sites for hydroxylation is 1. The van der Waals surface area contributed by atoms with Gasteiger partial charge in [-0.2, -0.15) is 0 Å². The van der Waals surface area contributed by atoms with E-state index in [-0.39, 0.29) is 5.91 Å². The fourth-order valence-corrected chi connectivity index (χ4v) is 2.69. The predicted molar refractivity (Wildman–Crippen MR) is 70.0 cm³/mol. The van der Waals surface area contributed by atoms with Crippen LogP contribution in [-0.4, -0.2) is 15.9 Å². The SMILES string of the molecule is Cc1cnc(CNC(=O)c2sccc2Br)cn1. The van der Waals surface area contributed by atoms with Gasteiger partial charge in [-0.25, -0.2) is 0 Å². The van der Waals surface area contributed by atoms with E-state index < -0.39 is 0 Å². The van der Waals surface area contributed by atoms with Gasteiger partial charge >= 0.3 is 0 Å². The first-order valence-corrected chi connectivity index (χ1v) is 6.63. The van der Waals surface area contributed by atoms with Crippen molar-refractivity contribution in [3.05, 3.63) is 44.6 Å². The van der Waals surface area contributed by atoms with Gasteiger partial charge in [0, 0.05) is 10.7 Å². The number of thiophene rings is 1. The molecule has 4 nitrogen and oxygen atoms in total. The largest absolute Gasteiger partial charge is 0.346 e. The van der Waals surface area contributed by atoms with Gasteiger partial charge in [0.2, 0.25) is 0 Å². The van der Waals surface area contributed by atoms with Gasteiger partial charge in [0.1, 0.15) is 4.88 Å². The van der Waals surface area contributed by atoms with E-state index in [1.54, 1.807) is 12.4 Å². The Morgan fingerprint density at radius 3 is 2.88 bits per heavy atom. The molecule has 17 heavy (non-hydrogen) atoms. The van der Waals surface area contributed by atoms with Crippen LogP contribution < -0.4 is 5.32 Å². The van der Waals surface area contributed by atoms with Crippen molar-refractivity contribution < 1.29 is 4.79 Å². The third-order valence-corrected chi connectivity index (χ3v) is 3.92. The molecule has 2 rings (SSSR count). The summed E-state index contributed by atoms with van der Waals surface area (Å²) in [5, 5.41) is 4.67. The molecule has 2 aromatic rings. The molecular weight excluding hydrogens is 302 g/mol. The van der Waals surface area contributed by atoms with Crippen LogP contribution in [0, 0.1) is 6.92 Å². The van der Waals surface area contributed by atoms with Gasteiger partial charge in [-0.15, -0.1) is 11.3 Å². The Kier molecular flexibility index (Phi) is 3.86. The van der Waals surface area contributed by atoms with E-state index in [1.807, 2.05) is 18.4 Å². The van der Waals surface area contributed by atoms with Gasteiger partial charge in [-0.1, -0.05) is 0 Å². The second-order valence-electron chi connectivity index (χ2n) is 3.43. The maximum atomic E-state index is 11.8. The summed E-state index contributed by atoms with van der Waals surface area (Å²) in [6.45, 7) is 2.26. The number of carbonyl (C=O) groups is 1. The molecule has 0 aliphatic carbocycles. The van der Waals surface area contributed by atoms with E-state index in [1.165, 1.54) is 11.3 Å². The lowest BCUT2D eigenvalue weighted by atomic mass is 10.4. The van der Waals surface area contributed by atoms with Gasteiger partial charge in [0.25, 0.3) is 5.91 Å². The summed E-state index contributed by atoms with van der Waals surface area (Å²) in [5.41, 5.74) is 1.61. The molecule has 0 bridgehead atoms. The number of carbonyl (C=O) groups excluding carboxylic acids is 1. The monoisotopic (exact) mass is 311 g/mol. The highest BCUT2D eigenvalue weighted by Gasteiger charge is 2.10. The Morgan fingerprint density at radius 1 is 1.47 bits per heavy atom. The summed E-state index contributed by atoms with van der Waals surface area (Å²) in [5.74, 6) is -0.103. The average Bonchev–Trinajstić information content (AvgIpc) is 2.74. The van der Waals surface area contributed by atoms with Crippen LogP contribution in [0.5, 0.6) is 0 Å². The van der Waals surface area contributed by atoms with Crippen molar-refractivity contribution in [1.82, 2.24) is 15.3 Å². The Balaban J connectivity index is 1.97. The molecule has 0 fully saturated rings. The minimum atomic E-state index is -0.103. The van der Waals surface area contributed by atoms with Crippen molar-refractivity contribution in [1.29, 1.82) is 0 Å². The zero-order chi connectivity index (χ0) is 12.3. The number of nitrogens with one attached hydrogen (secondary N) is 1. The minimum absolute atomic E-state index is 0.103. The zero-order valence-corrected chi connectivity index (χ0v) is 11.5. The number of aromatic nitrogens is 2. The van der Waals surface area contributed by atoms with Gasteiger partial charge in [-0.05, 0) is 34.3 Å². The second-order valence-corrected chi connectivity index (χ2v) is 5.20.